The minimum Gasteiger partial charge on any atom is -0.377 e. The zero-order chi connectivity index (χ0) is 17.6. The maximum absolute atomic E-state index is 11.3. The first kappa shape index (κ1) is 16.2. The second-order valence-corrected chi connectivity index (χ2v) is 7.56. The third-order valence-corrected chi connectivity index (χ3v) is 6.18. The summed E-state index contributed by atoms with van der Waals surface area (Å²) in [4.78, 5) is 12.3. The summed E-state index contributed by atoms with van der Waals surface area (Å²) >= 11 is 1.73. The van der Waals surface area contributed by atoms with E-state index in [4.69, 9.17) is 0 Å². The quantitative estimate of drug-likeness (QED) is 0.345. The Morgan fingerprint density at radius 2 is 1.96 bits per heavy atom. The van der Waals surface area contributed by atoms with Gasteiger partial charge in [0.25, 0.3) is 5.69 Å². The van der Waals surface area contributed by atoms with Gasteiger partial charge in [-0.2, -0.15) is 0 Å². The maximum Gasteiger partial charge on any atom is 0.274 e. The van der Waals surface area contributed by atoms with Crippen LogP contribution in [0.4, 0.5) is 11.4 Å². The lowest BCUT2D eigenvalue weighted by Gasteiger charge is -2.38. The molecule has 0 bridgehead atoms. The smallest absolute Gasteiger partial charge is 0.274 e. The van der Waals surface area contributed by atoms with Gasteiger partial charge in [0.05, 0.1) is 16.5 Å². The first-order valence-corrected chi connectivity index (χ1v) is 9.67. The van der Waals surface area contributed by atoms with Crippen molar-refractivity contribution in [1.82, 2.24) is 0 Å². The molecule has 1 heterocycles. The second kappa shape index (κ2) is 6.23. The lowest BCUT2D eigenvalue weighted by atomic mass is 9.76. The van der Waals surface area contributed by atoms with Crippen molar-refractivity contribution in [2.75, 3.05) is 11.6 Å². The molecule has 1 aliphatic heterocycles. The molecule has 0 spiro atoms. The summed E-state index contributed by atoms with van der Waals surface area (Å²) in [5, 5.41) is 15.0. The summed E-state index contributed by atoms with van der Waals surface area (Å²) in [7, 11) is 0. The Bertz CT molecular complexity index is 861. The highest BCUT2D eigenvalue weighted by Gasteiger charge is 2.39. The molecule has 0 radical (unpaired) electrons. The van der Waals surface area contributed by atoms with Crippen LogP contribution in [0.3, 0.4) is 0 Å². The summed E-state index contributed by atoms with van der Waals surface area (Å²) in [5.41, 5.74) is 4.27. The van der Waals surface area contributed by atoms with Crippen molar-refractivity contribution in [3.63, 3.8) is 0 Å². The number of thioether (sulfide) groups is 1. The molecule has 3 atom stereocenters. The molecule has 4 nitrogen and oxygen atoms in total. The molecule has 3 unspecified atom stereocenters. The van der Waals surface area contributed by atoms with Crippen molar-refractivity contribution in [2.45, 2.75) is 30.2 Å². The normalized spacial score (nSPS) is 23.7. The predicted octanol–water partition coefficient (Wildman–Crippen LogP) is 5.45. The number of anilines is 1. The van der Waals surface area contributed by atoms with E-state index in [2.05, 4.69) is 48.0 Å². The molecule has 2 aromatic rings. The Hall–Kier alpha value is -2.27. The van der Waals surface area contributed by atoms with Gasteiger partial charge in [0, 0.05) is 22.6 Å². The molecule has 0 saturated heterocycles. The monoisotopic (exact) mass is 352 g/mol. The highest BCUT2D eigenvalue weighted by Crippen LogP contribution is 2.51. The molecular weight excluding hydrogens is 332 g/mol. The fourth-order valence-corrected chi connectivity index (χ4v) is 4.55. The molecule has 1 N–H and O–H groups in total. The van der Waals surface area contributed by atoms with E-state index in [1.165, 1.54) is 16.0 Å². The van der Waals surface area contributed by atoms with Crippen molar-refractivity contribution >= 4 is 23.1 Å². The molecule has 128 valence electrons. The van der Waals surface area contributed by atoms with Crippen LogP contribution in [-0.2, 0) is 0 Å². The molecule has 1 aliphatic carbocycles. The first-order chi connectivity index (χ1) is 12.1. The third kappa shape index (κ3) is 2.63. The Kier molecular flexibility index (Phi) is 4.04. The number of rotatable bonds is 3. The zero-order valence-corrected chi connectivity index (χ0v) is 15.0. The van der Waals surface area contributed by atoms with Crippen LogP contribution in [-0.4, -0.2) is 11.2 Å². The number of nitrogens with zero attached hydrogens (tertiary/aromatic N) is 1. The number of allylic oxidation sites excluding steroid dienone is 2. The fraction of sp³-hybridized carbons (Fsp3) is 0.300. The van der Waals surface area contributed by atoms with Gasteiger partial charge < -0.3 is 5.32 Å². The summed E-state index contributed by atoms with van der Waals surface area (Å²) in [6.45, 7) is 1.84. The SMILES string of the molecule is CSc1ccc(C2Nc3c(ccc([N+](=O)[O-])c3C)C3C=CCC32)cc1. The number of fused-ring (bicyclic) bond motifs is 3. The Labute approximate surface area is 151 Å². The van der Waals surface area contributed by atoms with Gasteiger partial charge >= 0.3 is 0 Å². The number of hydrogen-bond donors (Lipinski definition) is 1. The Balaban J connectivity index is 1.79. The molecule has 2 aliphatic rings. The molecule has 0 amide bonds. The van der Waals surface area contributed by atoms with Crippen molar-refractivity contribution in [3.8, 4) is 0 Å². The van der Waals surface area contributed by atoms with Crippen molar-refractivity contribution in [2.24, 2.45) is 5.92 Å². The molecule has 5 heteroatoms. The number of benzene rings is 2. The molecule has 0 saturated carbocycles. The minimum atomic E-state index is -0.295. The molecule has 4 rings (SSSR count). The van der Waals surface area contributed by atoms with E-state index < -0.39 is 0 Å². The number of nitro benzene ring substituents is 1. The van der Waals surface area contributed by atoms with E-state index in [1.807, 2.05) is 13.0 Å². The average molecular weight is 352 g/mol. The van der Waals surface area contributed by atoms with Crippen LogP contribution in [0.2, 0.25) is 0 Å². The molecule has 25 heavy (non-hydrogen) atoms. The van der Waals surface area contributed by atoms with Crippen LogP contribution in [0.25, 0.3) is 0 Å². The van der Waals surface area contributed by atoms with Gasteiger partial charge in [0.1, 0.15) is 0 Å². The summed E-state index contributed by atoms with van der Waals surface area (Å²) in [6, 6.07) is 12.4. The highest BCUT2D eigenvalue weighted by atomic mass is 32.2. The summed E-state index contributed by atoms with van der Waals surface area (Å²) in [5.74, 6) is 0.773. The molecular formula is C20H20N2O2S. The van der Waals surface area contributed by atoms with Gasteiger partial charge in [-0.1, -0.05) is 24.3 Å². The minimum absolute atomic E-state index is 0.170. The van der Waals surface area contributed by atoms with E-state index in [0.29, 0.717) is 11.8 Å². The summed E-state index contributed by atoms with van der Waals surface area (Å²) < 4.78 is 0. The van der Waals surface area contributed by atoms with Crippen molar-refractivity contribution < 1.29 is 4.92 Å². The van der Waals surface area contributed by atoms with Crippen LogP contribution in [0.15, 0.2) is 53.4 Å². The topological polar surface area (TPSA) is 55.2 Å². The molecule has 0 aromatic heterocycles. The maximum atomic E-state index is 11.3. The van der Waals surface area contributed by atoms with E-state index in [1.54, 1.807) is 17.8 Å². The van der Waals surface area contributed by atoms with Crippen LogP contribution in [0.5, 0.6) is 0 Å². The standard InChI is InChI=1S/C20H20N2O2S/c1-12-18(22(23)24)11-10-17-15-4-3-5-16(15)20(21-19(12)17)13-6-8-14(25-2)9-7-13/h3-4,6-11,15-16,20-21H,5H2,1-2H3. The van der Waals surface area contributed by atoms with E-state index in [-0.39, 0.29) is 16.7 Å². The zero-order valence-electron chi connectivity index (χ0n) is 14.2. The van der Waals surface area contributed by atoms with Crippen LogP contribution < -0.4 is 5.32 Å². The van der Waals surface area contributed by atoms with Gasteiger partial charge in [0.2, 0.25) is 0 Å². The van der Waals surface area contributed by atoms with Crippen LogP contribution >= 0.6 is 11.8 Å². The van der Waals surface area contributed by atoms with E-state index in [9.17, 15) is 10.1 Å². The van der Waals surface area contributed by atoms with Gasteiger partial charge in [-0.15, -0.1) is 11.8 Å². The number of nitro groups is 1. The van der Waals surface area contributed by atoms with Crippen molar-refractivity contribution in [1.29, 1.82) is 0 Å². The average Bonchev–Trinajstić information content (AvgIpc) is 3.11. The van der Waals surface area contributed by atoms with Gasteiger partial charge in [-0.3, -0.25) is 10.1 Å². The summed E-state index contributed by atoms with van der Waals surface area (Å²) in [6.07, 6.45) is 7.61. The van der Waals surface area contributed by atoms with Gasteiger partial charge in [-0.25, -0.2) is 0 Å². The molecule has 0 fully saturated rings. The lowest BCUT2D eigenvalue weighted by molar-refractivity contribution is -0.385. The number of nitrogens with one attached hydrogen (secondary N) is 1. The lowest BCUT2D eigenvalue weighted by Crippen LogP contribution is -2.29. The van der Waals surface area contributed by atoms with Gasteiger partial charge in [-0.05, 0) is 54.8 Å². The van der Waals surface area contributed by atoms with E-state index in [0.717, 1.165) is 17.7 Å². The largest absolute Gasteiger partial charge is 0.377 e. The Morgan fingerprint density at radius 1 is 1.20 bits per heavy atom. The molecule has 2 aromatic carbocycles. The predicted molar refractivity (Wildman–Crippen MR) is 102 cm³/mol. The second-order valence-electron chi connectivity index (χ2n) is 6.68. The Morgan fingerprint density at radius 3 is 2.64 bits per heavy atom. The van der Waals surface area contributed by atoms with Crippen LogP contribution in [0, 0.1) is 23.0 Å². The first-order valence-electron chi connectivity index (χ1n) is 8.45. The van der Waals surface area contributed by atoms with E-state index >= 15 is 0 Å². The third-order valence-electron chi connectivity index (χ3n) is 5.44. The van der Waals surface area contributed by atoms with Crippen LogP contribution in [0.1, 0.15) is 35.1 Å². The van der Waals surface area contributed by atoms with Gasteiger partial charge in [0.15, 0.2) is 0 Å². The highest BCUT2D eigenvalue weighted by molar-refractivity contribution is 7.98. The fourth-order valence-electron chi connectivity index (χ4n) is 4.14. The number of hydrogen-bond acceptors (Lipinski definition) is 4. The van der Waals surface area contributed by atoms with Crippen molar-refractivity contribution in [3.05, 3.63) is 75.4 Å².